The molecule has 0 aliphatic carbocycles. The van der Waals surface area contributed by atoms with Gasteiger partial charge in [-0.2, -0.15) is 0 Å². The topological polar surface area (TPSA) is 48.1 Å². The van der Waals surface area contributed by atoms with Crippen LogP contribution < -0.4 is 10.5 Å². The van der Waals surface area contributed by atoms with Gasteiger partial charge in [0.15, 0.2) is 0 Å². The van der Waals surface area contributed by atoms with Gasteiger partial charge in [0.2, 0.25) is 0 Å². The summed E-state index contributed by atoms with van der Waals surface area (Å²) in [5, 5.41) is 1.04. The number of benzene rings is 1. The number of hydrogen-bond acceptors (Lipinski definition) is 3. The van der Waals surface area contributed by atoms with E-state index < -0.39 is 0 Å². The zero-order chi connectivity index (χ0) is 10.7. The summed E-state index contributed by atoms with van der Waals surface area (Å²) < 4.78 is 5.33. The lowest BCUT2D eigenvalue weighted by Crippen LogP contribution is -2.04. The Kier molecular flexibility index (Phi) is 2.83. The Bertz CT molecular complexity index is 468. The standard InChI is InChI=1S/C12H14N2O/c1-15-12-8-9(6-7-13)14-11-5-3-2-4-10(11)12/h2-5,8H,6-7,13H2,1H3. The fourth-order valence-corrected chi connectivity index (χ4v) is 1.64. The van der Waals surface area contributed by atoms with E-state index in [9.17, 15) is 0 Å². The van der Waals surface area contributed by atoms with Gasteiger partial charge < -0.3 is 10.5 Å². The van der Waals surface area contributed by atoms with E-state index in [4.69, 9.17) is 10.5 Å². The number of aromatic nitrogens is 1. The molecule has 0 unspecified atom stereocenters. The molecule has 0 aliphatic rings. The molecule has 78 valence electrons. The number of ether oxygens (including phenoxy) is 1. The monoisotopic (exact) mass is 202 g/mol. The maximum absolute atomic E-state index is 5.52. The lowest BCUT2D eigenvalue weighted by atomic mass is 10.1. The molecule has 2 N–H and O–H groups in total. The highest BCUT2D eigenvalue weighted by Gasteiger charge is 2.04. The summed E-state index contributed by atoms with van der Waals surface area (Å²) in [6.07, 6.45) is 0.779. The number of pyridine rings is 1. The number of nitrogens with two attached hydrogens (primary N) is 1. The summed E-state index contributed by atoms with van der Waals surface area (Å²) in [6, 6.07) is 9.90. The maximum atomic E-state index is 5.52. The van der Waals surface area contributed by atoms with Crippen molar-refractivity contribution in [1.82, 2.24) is 4.98 Å². The fourth-order valence-electron chi connectivity index (χ4n) is 1.64. The number of para-hydroxylation sites is 1. The SMILES string of the molecule is COc1cc(CCN)nc2ccccc12. The van der Waals surface area contributed by atoms with Crippen LogP contribution in [0.5, 0.6) is 5.75 Å². The minimum Gasteiger partial charge on any atom is -0.496 e. The Morgan fingerprint density at radius 1 is 1.33 bits per heavy atom. The first-order valence-corrected chi connectivity index (χ1v) is 4.98. The minimum absolute atomic E-state index is 0.606. The van der Waals surface area contributed by atoms with Crippen molar-refractivity contribution >= 4 is 10.9 Å². The Balaban J connectivity index is 2.60. The molecule has 0 saturated carbocycles. The Morgan fingerprint density at radius 2 is 2.13 bits per heavy atom. The van der Waals surface area contributed by atoms with E-state index in [1.165, 1.54) is 0 Å². The molecule has 0 radical (unpaired) electrons. The van der Waals surface area contributed by atoms with Crippen LogP contribution in [-0.2, 0) is 6.42 Å². The van der Waals surface area contributed by atoms with Crippen LogP contribution in [0.2, 0.25) is 0 Å². The van der Waals surface area contributed by atoms with Crippen molar-refractivity contribution in [2.75, 3.05) is 13.7 Å². The van der Waals surface area contributed by atoms with E-state index in [0.29, 0.717) is 6.54 Å². The Labute approximate surface area is 88.9 Å². The van der Waals surface area contributed by atoms with Gasteiger partial charge in [0.1, 0.15) is 5.75 Å². The fraction of sp³-hybridized carbons (Fsp3) is 0.250. The summed E-state index contributed by atoms with van der Waals surface area (Å²) in [5.41, 5.74) is 7.45. The molecule has 0 spiro atoms. The van der Waals surface area contributed by atoms with Crippen LogP contribution in [-0.4, -0.2) is 18.6 Å². The largest absolute Gasteiger partial charge is 0.496 e. The number of nitrogens with zero attached hydrogens (tertiary/aromatic N) is 1. The van der Waals surface area contributed by atoms with Gasteiger partial charge in [0.05, 0.1) is 12.6 Å². The van der Waals surface area contributed by atoms with Crippen molar-refractivity contribution in [2.45, 2.75) is 6.42 Å². The zero-order valence-corrected chi connectivity index (χ0v) is 8.73. The average molecular weight is 202 g/mol. The van der Waals surface area contributed by atoms with Crippen LogP contribution in [0.15, 0.2) is 30.3 Å². The Morgan fingerprint density at radius 3 is 2.87 bits per heavy atom. The second-order valence-corrected chi connectivity index (χ2v) is 3.37. The third kappa shape index (κ3) is 1.92. The van der Waals surface area contributed by atoms with E-state index in [1.54, 1.807) is 7.11 Å². The maximum Gasteiger partial charge on any atom is 0.130 e. The third-order valence-corrected chi connectivity index (χ3v) is 2.35. The quantitative estimate of drug-likeness (QED) is 0.824. The minimum atomic E-state index is 0.606. The van der Waals surface area contributed by atoms with E-state index in [-0.39, 0.29) is 0 Å². The van der Waals surface area contributed by atoms with Gasteiger partial charge in [0, 0.05) is 23.6 Å². The van der Waals surface area contributed by atoms with E-state index >= 15 is 0 Å². The lowest BCUT2D eigenvalue weighted by Gasteiger charge is -2.07. The van der Waals surface area contributed by atoms with Gasteiger partial charge in [0.25, 0.3) is 0 Å². The van der Waals surface area contributed by atoms with Gasteiger partial charge >= 0.3 is 0 Å². The normalized spacial score (nSPS) is 10.5. The predicted molar refractivity (Wildman–Crippen MR) is 61.1 cm³/mol. The van der Waals surface area contributed by atoms with Gasteiger partial charge in [-0.25, -0.2) is 0 Å². The Hall–Kier alpha value is -1.61. The van der Waals surface area contributed by atoms with Crippen LogP contribution >= 0.6 is 0 Å². The van der Waals surface area contributed by atoms with Crippen LogP contribution in [0.25, 0.3) is 10.9 Å². The number of methoxy groups -OCH3 is 1. The molecule has 0 aliphatic heterocycles. The van der Waals surface area contributed by atoms with Crippen LogP contribution in [0.1, 0.15) is 5.69 Å². The van der Waals surface area contributed by atoms with Crippen molar-refractivity contribution in [1.29, 1.82) is 0 Å². The summed E-state index contributed by atoms with van der Waals surface area (Å²) >= 11 is 0. The number of fused-ring (bicyclic) bond motifs is 1. The molecule has 3 nitrogen and oxygen atoms in total. The van der Waals surface area contributed by atoms with Crippen molar-refractivity contribution in [3.05, 3.63) is 36.0 Å². The highest BCUT2D eigenvalue weighted by atomic mass is 16.5. The summed E-state index contributed by atoms with van der Waals surface area (Å²) in [4.78, 5) is 4.51. The second-order valence-electron chi connectivity index (χ2n) is 3.37. The predicted octanol–water partition coefficient (Wildman–Crippen LogP) is 1.74. The molecule has 0 atom stereocenters. The highest BCUT2D eigenvalue weighted by Crippen LogP contribution is 2.24. The van der Waals surface area contributed by atoms with Gasteiger partial charge in [-0.15, -0.1) is 0 Å². The average Bonchev–Trinajstić information content (AvgIpc) is 2.28. The first kappa shape index (κ1) is 9.93. The van der Waals surface area contributed by atoms with Gasteiger partial charge in [-0.3, -0.25) is 4.98 Å². The molecular formula is C12H14N2O. The van der Waals surface area contributed by atoms with Gasteiger partial charge in [-0.1, -0.05) is 12.1 Å². The second kappa shape index (κ2) is 4.28. The summed E-state index contributed by atoms with van der Waals surface area (Å²) in [7, 11) is 1.67. The number of hydrogen-bond donors (Lipinski definition) is 1. The number of rotatable bonds is 3. The lowest BCUT2D eigenvalue weighted by molar-refractivity contribution is 0.419. The molecule has 2 rings (SSSR count). The van der Waals surface area contributed by atoms with Crippen molar-refractivity contribution in [3.8, 4) is 5.75 Å². The summed E-state index contributed by atoms with van der Waals surface area (Å²) in [6.45, 7) is 0.606. The molecule has 1 heterocycles. The first-order valence-electron chi connectivity index (χ1n) is 4.98. The molecule has 0 amide bonds. The zero-order valence-electron chi connectivity index (χ0n) is 8.73. The molecule has 0 bridgehead atoms. The summed E-state index contributed by atoms with van der Waals surface area (Å²) in [5.74, 6) is 0.865. The van der Waals surface area contributed by atoms with Crippen molar-refractivity contribution < 1.29 is 4.74 Å². The van der Waals surface area contributed by atoms with E-state index in [2.05, 4.69) is 4.98 Å². The molecule has 1 aromatic heterocycles. The van der Waals surface area contributed by atoms with Crippen LogP contribution in [0.4, 0.5) is 0 Å². The molecule has 0 fully saturated rings. The molecule has 2 aromatic rings. The van der Waals surface area contributed by atoms with Crippen LogP contribution in [0.3, 0.4) is 0 Å². The van der Waals surface area contributed by atoms with Gasteiger partial charge in [-0.05, 0) is 18.7 Å². The molecule has 15 heavy (non-hydrogen) atoms. The first-order chi connectivity index (χ1) is 7.35. The third-order valence-electron chi connectivity index (χ3n) is 2.35. The van der Waals surface area contributed by atoms with E-state index in [1.807, 2.05) is 30.3 Å². The molecule has 0 saturated heterocycles. The highest BCUT2D eigenvalue weighted by molar-refractivity contribution is 5.85. The molecular weight excluding hydrogens is 188 g/mol. The van der Waals surface area contributed by atoms with Crippen molar-refractivity contribution in [2.24, 2.45) is 5.73 Å². The molecule has 3 heteroatoms. The molecule has 1 aromatic carbocycles. The van der Waals surface area contributed by atoms with Crippen LogP contribution in [0, 0.1) is 0 Å². The smallest absolute Gasteiger partial charge is 0.130 e. The van der Waals surface area contributed by atoms with E-state index in [0.717, 1.165) is 28.8 Å². The van der Waals surface area contributed by atoms with Crippen molar-refractivity contribution in [3.63, 3.8) is 0 Å².